The van der Waals surface area contributed by atoms with E-state index in [0.717, 1.165) is 18.2 Å². The molecule has 1 amide bonds. The van der Waals surface area contributed by atoms with Crippen molar-refractivity contribution in [3.8, 4) is 0 Å². The summed E-state index contributed by atoms with van der Waals surface area (Å²) >= 11 is 0. The lowest BCUT2D eigenvalue weighted by molar-refractivity contribution is -0.385. The standard InChI is InChI=1S/C25H20N2O8S/c1-3-34-25(29)23-16(2)35-22-13-12-18(15-21(22)23)26(24(28)17-8-5-4-6-9-17)36(32,33)20-11-7-10-19(14-20)27(30)31/h4-15H,3H2,1-2H3. The van der Waals surface area contributed by atoms with Gasteiger partial charge in [0.05, 0.1) is 22.1 Å². The van der Waals surface area contributed by atoms with Crippen molar-refractivity contribution >= 4 is 44.2 Å². The number of carbonyl (C=O) groups excluding carboxylic acids is 2. The number of nitro benzene ring substituents is 1. The number of nitrogens with zero attached hydrogens (tertiary/aromatic N) is 2. The molecule has 11 heteroatoms. The number of esters is 1. The van der Waals surface area contributed by atoms with Gasteiger partial charge < -0.3 is 9.15 Å². The maximum Gasteiger partial charge on any atom is 0.342 e. The number of sulfonamides is 1. The summed E-state index contributed by atoms with van der Waals surface area (Å²) in [6.45, 7) is 3.33. The van der Waals surface area contributed by atoms with Gasteiger partial charge in [-0.3, -0.25) is 14.9 Å². The van der Waals surface area contributed by atoms with Crippen molar-refractivity contribution in [2.75, 3.05) is 10.9 Å². The third-order valence-corrected chi connectivity index (χ3v) is 7.04. The first-order valence-corrected chi connectivity index (χ1v) is 12.2. The summed E-state index contributed by atoms with van der Waals surface area (Å²) in [6.07, 6.45) is 0. The minimum Gasteiger partial charge on any atom is -0.462 e. The number of benzene rings is 3. The first-order chi connectivity index (χ1) is 17.1. The quantitative estimate of drug-likeness (QED) is 0.196. The number of rotatable bonds is 7. The summed E-state index contributed by atoms with van der Waals surface area (Å²) < 4.78 is 38.8. The van der Waals surface area contributed by atoms with E-state index in [1.54, 1.807) is 32.0 Å². The third kappa shape index (κ3) is 4.43. The molecule has 36 heavy (non-hydrogen) atoms. The molecule has 0 atom stereocenters. The number of nitro groups is 1. The highest BCUT2D eigenvalue weighted by Gasteiger charge is 2.34. The molecule has 184 valence electrons. The maximum atomic E-state index is 13.8. The first kappa shape index (κ1) is 24.6. The lowest BCUT2D eigenvalue weighted by atomic mass is 10.1. The van der Waals surface area contributed by atoms with Crippen molar-refractivity contribution in [3.63, 3.8) is 0 Å². The zero-order valence-corrected chi connectivity index (χ0v) is 20.0. The van der Waals surface area contributed by atoms with E-state index in [1.165, 1.54) is 36.4 Å². The van der Waals surface area contributed by atoms with Crippen LogP contribution in [0, 0.1) is 17.0 Å². The SMILES string of the molecule is CCOC(=O)c1c(C)oc2ccc(N(C(=O)c3ccccc3)S(=O)(=O)c3cccc([N+](=O)[O-])c3)cc12. The average Bonchev–Trinajstić information content (AvgIpc) is 3.19. The number of furan rings is 1. The van der Waals surface area contributed by atoms with Crippen LogP contribution in [0.4, 0.5) is 11.4 Å². The Kier molecular flexibility index (Phi) is 6.58. The minimum absolute atomic E-state index is 0.0700. The molecule has 1 heterocycles. The van der Waals surface area contributed by atoms with E-state index in [-0.39, 0.29) is 34.6 Å². The molecule has 0 fully saturated rings. The van der Waals surface area contributed by atoms with Gasteiger partial charge >= 0.3 is 5.97 Å². The van der Waals surface area contributed by atoms with E-state index in [0.29, 0.717) is 9.89 Å². The van der Waals surface area contributed by atoms with E-state index in [1.807, 2.05) is 0 Å². The molecule has 0 bridgehead atoms. The smallest absolute Gasteiger partial charge is 0.342 e. The summed E-state index contributed by atoms with van der Waals surface area (Å²) in [5, 5.41) is 11.5. The van der Waals surface area contributed by atoms with Gasteiger partial charge in [0.15, 0.2) is 0 Å². The fourth-order valence-corrected chi connectivity index (χ4v) is 5.16. The fraction of sp³-hybridized carbons (Fsp3) is 0.120. The fourth-order valence-electron chi connectivity index (χ4n) is 3.72. The summed E-state index contributed by atoms with van der Waals surface area (Å²) in [5.41, 5.74) is -0.0730. The highest BCUT2D eigenvalue weighted by molar-refractivity contribution is 7.93. The highest BCUT2D eigenvalue weighted by atomic mass is 32.2. The van der Waals surface area contributed by atoms with Crippen molar-refractivity contribution < 1.29 is 32.1 Å². The van der Waals surface area contributed by atoms with Gasteiger partial charge in [-0.1, -0.05) is 24.3 Å². The van der Waals surface area contributed by atoms with Crippen LogP contribution >= 0.6 is 0 Å². The Morgan fingerprint density at radius 1 is 1.03 bits per heavy atom. The Morgan fingerprint density at radius 2 is 1.75 bits per heavy atom. The molecule has 0 aliphatic rings. The molecule has 3 aromatic carbocycles. The number of hydrogen-bond donors (Lipinski definition) is 0. The van der Waals surface area contributed by atoms with Crippen LogP contribution < -0.4 is 4.31 Å². The second-order valence-corrected chi connectivity index (χ2v) is 9.42. The number of fused-ring (bicyclic) bond motifs is 1. The molecule has 0 unspecified atom stereocenters. The van der Waals surface area contributed by atoms with Gasteiger partial charge in [0.2, 0.25) is 0 Å². The molecule has 0 saturated heterocycles. The summed E-state index contributed by atoms with van der Waals surface area (Å²) in [4.78, 5) is 36.2. The van der Waals surface area contributed by atoms with Crippen LogP contribution in [-0.2, 0) is 14.8 Å². The highest BCUT2D eigenvalue weighted by Crippen LogP contribution is 2.34. The summed E-state index contributed by atoms with van der Waals surface area (Å²) in [5.74, 6) is -1.28. The van der Waals surface area contributed by atoms with E-state index in [2.05, 4.69) is 0 Å². The van der Waals surface area contributed by atoms with E-state index in [4.69, 9.17) is 9.15 Å². The van der Waals surface area contributed by atoms with Gasteiger partial charge in [-0.25, -0.2) is 13.2 Å². The number of aryl methyl sites for hydroxylation is 1. The number of amides is 1. The van der Waals surface area contributed by atoms with Crippen molar-refractivity contribution in [2.24, 2.45) is 0 Å². The predicted molar refractivity (Wildman–Crippen MR) is 130 cm³/mol. The van der Waals surface area contributed by atoms with Crippen LogP contribution in [0.2, 0.25) is 0 Å². The lowest BCUT2D eigenvalue weighted by Gasteiger charge is -2.23. The molecule has 0 radical (unpaired) electrons. The molecule has 4 rings (SSSR count). The van der Waals surface area contributed by atoms with Crippen molar-refractivity contribution in [1.82, 2.24) is 0 Å². The molecule has 0 spiro atoms. The van der Waals surface area contributed by atoms with E-state index in [9.17, 15) is 28.1 Å². The minimum atomic E-state index is -4.63. The molecule has 1 aromatic heterocycles. The van der Waals surface area contributed by atoms with Crippen LogP contribution in [0.3, 0.4) is 0 Å². The number of ether oxygens (including phenoxy) is 1. The lowest BCUT2D eigenvalue weighted by Crippen LogP contribution is -2.37. The number of anilines is 1. The zero-order valence-electron chi connectivity index (χ0n) is 19.2. The topological polar surface area (TPSA) is 137 Å². The van der Waals surface area contributed by atoms with Gasteiger partial charge in [-0.05, 0) is 50.2 Å². The van der Waals surface area contributed by atoms with Crippen LogP contribution in [0.1, 0.15) is 33.4 Å². The Bertz CT molecular complexity index is 1590. The third-order valence-electron chi connectivity index (χ3n) is 5.33. The van der Waals surface area contributed by atoms with Crippen LogP contribution in [-0.4, -0.2) is 31.8 Å². The molecule has 4 aromatic rings. The second-order valence-electron chi connectivity index (χ2n) is 7.63. The molecule has 0 aliphatic heterocycles. The van der Waals surface area contributed by atoms with E-state index >= 15 is 0 Å². The van der Waals surface area contributed by atoms with Gasteiger partial charge in [0.25, 0.3) is 21.6 Å². The van der Waals surface area contributed by atoms with Crippen LogP contribution in [0.5, 0.6) is 0 Å². The first-order valence-electron chi connectivity index (χ1n) is 10.7. The normalized spacial score (nSPS) is 11.3. The van der Waals surface area contributed by atoms with Gasteiger partial charge in [0.1, 0.15) is 16.9 Å². The Morgan fingerprint density at radius 3 is 2.42 bits per heavy atom. The number of carbonyl (C=O) groups is 2. The largest absolute Gasteiger partial charge is 0.462 e. The molecular weight excluding hydrogens is 488 g/mol. The Labute approximate surface area is 205 Å². The molecular formula is C25H20N2O8S. The molecule has 0 N–H and O–H groups in total. The summed E-state index contributed by atoms with van der Waals surface area (Å²) in [6, 6.07) is 16.3. The zero-order chi connectivity index (χ0) is 26.0. The number of non-ortho nitro benzene ring substituents is 1. The molecule has 0 saturated carbocycles. The van der Waals surface area contributed by atoms with E-state index < -0.39 is 37.4 Å². The van der Waals surface area contributed by atoms with Gasteiger partial charge in [0, 0.05) is 23.1 Å². The van der Waals surface area contributed by atoms with Crippen LogP contribution in [0.25, 0.3) is 11.0 Å². The summed E-state index contributed by atoms with van der Waals surface area (Å²) in [7, 11) is -4.63. The van der Waals surface area contributed by atoms with Crippen molar-refractivity contribution in [1.29, 1.82) is 0 Å². The van der Waals surface area contributed by atoms with Gasteiger partial charge in [-0.15, -0.1) is 0 Å². The van der Waals surface area contributed by atoms with Crippen molar-refractivity contribution in [3.05, 3.63) is 99.8 Å². The van der Waals surface area contributed by atoms with Crippen molar-refractivity contribution in [2.45, 2.75) is 18.7 Å². The Balaban J connectivity index is 1.95. The average molecular weight is 509 g/mol. The van der Waals surface area contributed by atoms with Gasteiger partial charge in [-0.2, -0.15) is 4.31 Å². The maximum absolute atomic E-state index is 13.8. The monoisotopic (exact) mass is 508 g/mol. The molecule has 10 nitrogen and oxygen atoms in total. The predicted octanol–water partition coefficient (Wildman–Crippen LogP) is 4.86. The van der Waals surface area contributed by atoms with Crippen LogP contribution in [0.15, 0.2) is 82.1 Å². The molecule has 0 aliphatic carbocycles. The Hall–Kier alpha value is -4.51. The second kappa shape index (κ2) is 9.62. The number of hydrogen-bond acceptors (Lipinski definition) is 8.